The molecule has 1 aliphatic rings. The van der Waals surface area contributed by atoms with Gasteiger partial charge in [-0.25, -0.2) is 9.78 Å². The molecule has 1 unspecified atom stereocenters. The van der Waals surface area contributed by atoms with E-state index in [0.29, 0.717) is 12.4 Å². The lowest BCUT2D eigenvalue weighted by Gasteiger charge is -2.39. The van der Waals surface area contributed by atoms with Crippen molar-refractivity contribution in [1.29, 1.82) is 0 Å². The molecule has 1 saturated heterocycles. The Bertz CT molecular complexity index is 528. The molecule has 0 spiro atoms. The van der Waals surface area contributed by atoms with Crippen molar-refractivity contribution in [3.8, 4) is 0 Å². The van der Waals surface area contributed by atoms with Crippen LogP contribution in [0.5, 0.6) is 0 Å². The highest BCUT2D eigenvalue weighted by molar-refractivity contribution is 6.33. The summed E-state index contributed by atoms with van der Waals surface area (Å²) in [4.78, 5) is 18.6. The quantitative estimate of drug-likeness (QED) is 0.819. The lowest BCUT2D eigenvalue weighted by molar-refractivity contribution is 0.209. The molecule has 2 heterocycles. The lowest BCUT2D eigenvalue weighted by Crippen LogP contribution is -2.50. The molecule has 0 saturated carbocycles. The van der Waals surface area contributed by atoms with Gasteiger partial charge in [-0.15, -0.1) is 0 Å². The summed E-state index contributed by atoms with van der Waals surface area (Å²) in [7, 11) is 2.02. The summed E-state index contributed by atoms with van der Waals surface area (Å²) in [6.45, 7) is 4.36. The van der Waals surface area contributed by atoms with Gasteiger partial charge >= 0.3 is 6.09 Å². The number of likely N-dealkylation sites (N-methyl/N-ethyl adjacent to an activating group) is 1. The molecule has 1 aliphatic heterocycles. The number of hydrogen-bond donors (Lipinski definition) is 2. The molecule has 1 fully saturated rings. The second-order valence-electron chi connectivity index (χ2n) is 4.87. The Labute approximate surface area is 121 Å². The fraction of sp³-hybridized carbons (Fsp3) is 0.500. The summed E-state index contributed by atoms with van der Waals surface area (Å²) in [5, 5.41) is 10.5. The molecule has 0 bridgehead atoms. The number of halogens is 2. The minimum Gasteiger partial charge on any atom is -0.465 e. The van der Waals surface area contributed by atoms with Crippen LogP contribution in [0.1, 0.15) is 6.92 Å². The smallest absolute Gasteiger partial charge is 0.409 e. The topological polar surface area (TPSA) is 68.7 Å². The van der Waals surface area contributed by atoms with Crippen molar-refractivity contribution < 1.29 is 14.3 Å². The van der Waals surface area contributed by atoms with Crippen molar-refractivity contribution in [2.45, 2.75) is 13.0 Å². The molecule has 20 heavy (non-hydrogen) atoms. The number of piperazine rings is 1. The van der Waals surface area contributed by atoms with Gasteiger partial charge in [0.1, 0.15) is 10.8 Å². The molecular weight excluding hydrogens is 287 g/mol. The Morgan fingerprint density at radius 3 is 2.90 bits per heavy atom. The molecule has 2 rings (SSSR count). The number of rotatable bonds is 2. The van der Waals surface area contributed by atoms with Gasteiger partial charge in [0.05, 0.1) is 5.69 Å². The average molecular weight is 303 g/mol. The van der Waals surface area contributed by atoms with Gasteiger partial charge in [0.15, 0.2) is 0 Å². The Hall–Kier alpha value is -1.60. The summed E-state index contributed by atoms with van der Waals surface area (Å²) in [6, 6.07) is 1.61. The first kappa shape index (κ1) is 14.8. The zero-order valence-electron chi connectivity index (χ0n) is 11.2. The van der Waals surface area contributed by atoms with Crippen molar-refractivity contribution in [3.63, 3.8) is 0 Å². The number of nitrogens with zero attached hydrogens (tertiary/aromatic N) is 3. The SMILES string of the molecule is CC1CN(C)CCN1c1cc(NC(=O)O)c(Cl)c(F)n1. The summed E-state index contributed by atoms with van der Waals surface area (Å²) in [5.74, 6) is -0.490. The van der Waals surface area contributed by atoms with E-state index in [-0.39, 0.29) is 16.8 Å². The number of nitrogens with one attached hydrogen (secondary N) is 1. The number of aromatic nitrogens is 1. The van der Waals surface area contributed by atoms with Gasteiger partial charge in [-0.3, -0.25) is 5.32 Å². The molecule has 0 aliphatic carbocycles. The van der Waals surface area contributed by atoms with Crippen molar-refractivity contribution in [1.82, 2.24) is 9.88 Å². The van der Waals surface area contributed by atoms with Gasteiger partial charge in [-0.05, 0) is 14.0 Å². The van der Waals surface area contributed by atoms with Crippen molar-refractivity contribution >= 4 is 29.2 Å². The first-order valence-corrected chi connectivity index (χ1v) is 6.57. The van der Waals surface area contributed by atoms with Crippen LogP contribution in [-0.2, 0) is 0 Å². The Kier molecular flexibility index (Phi) is 4.29. The average Bonchev–Trinajstić information content (AvgIpc) is 2.34. The van der Waals surface area contributed by atoms with E-state index in [0.717, 1.165) is 13.1 Å². The largest absolute Gasteiger partial charge is 0.465 e. The number of carbonyl (C=O) groups is 1. The molecular formula is C12H16ClFN4O2. The summed E-state index contributed by atoms with van der Waals surface area (Å²) < 4.78 is 13.7. The molecule has 1 aromatic heterocycles. The van der Waals surface area contributed by atoms with E-state index in [1.54, 1.807) is 0 Å². The van der Waals surface area contributed by atoms with Gasteiger partial charge in [-0.2, -0.15) is 4.39 Å². The molecule has 6 nitrogen and oxygen atoms in total. The summed E-state index contributed by atoms with van der Waals surface area (Å²) in [5.41, 5.74) is 0.00722. The third-order valence-corrected chi connectivity index (χ3v) is 3.63. The fourth-order valence-corrected chi connectivity index (χ4v) is 2.46. The van der Waals surface area contributed by atoms with E-state index in [9.17, 15) is 9.18 Å². The van der Waals surface area contributed by atoms with Crippen molar-refractivity contribution in [3.05, 3.63) is 17.0 Å². The second kappa shape index (κ2) is 5.80. The zero-order valence-corrected chi connectivity index (χ0v) is 12.0. The number of anilines is 2. The van der Waals surface area contributed by atoms with Crippen LogP contribution >= 0.6 is 11.6 Å². The molecule has 8 heteroatoms. The lowest BCUT2D eigenvalue weighted by atomic mass is 10.2. The zero-order chi connectivity index (χ0) is 14.9. The highest BCUT2D eigenvalue weighted by Gasteiger charge is 2.24. The Morgan fingerprint density at radius 2 is 2.30 bits per heavy atom. The third kappa shape index (κ3) is 3.10. The van der Waals surface area contributed by atoms with Crippen LogP contribution < -0.4 is 10.2 Å². The molecule has 1 atom stereocenters. The predicted molar refractivity (Wildman–Crippen MR) is 75.2 cm³/mol. The Balaban J connectivity index is 2.32. The van der Waals surface area contributed by atoms with Gasteiger partial charge in [0.25, 0.3) is 0 Å². The first-order valence-electron chi connectivity index (χ1n) is 6.19. The second-order valence-corrected chi connectivity index (χ2v) is 5.25. The molecule has 0 aromatic carbocycles. The number of carboxylic acid groups (broad SMARTS) is 1. The van der Waals surface area contributed by atoms with Crippen LogP contribution in [0.2, 0.25) is 5.02 Å². The van der Waals surface area contributed by atoms with E-state index < -0.39 is 12.0 Å². The summed E-state index contributed by atoms with van der Waals surface area (Å²) in [6.07, 6.45) is -1.30. The maximum atomic E-state index is 13.7. The minimum absolute atomic E-state index is 0.00722. The van der Waals surface area contributed by atoms with E-state index in [1.165, 1.54) is 6.07 Å². The van der Waals surface area contributed by atoms with Gasteiger partial charge in [-0.1, -0.05) is 11.6 Å². The van der Waals surface area contributed by atoms with Crippen LogP contribution in [-0.4, -0.2) is 53.8 Å². The maximum absolute atomic E-state index is 13.7. The number of amides is 1. The molecule has 0 radical (unpaired) electrons. The third-order valence-electron chi connectivity index (χ3n) is 3.27. The van der Waals surface area contributed by atoms with Crippen molar-refractivity contribution in [2.24, 2.45) is 0 Å². The fourth-order valence-electron chi connectivity index (χ4n) is 2.32. The predicted octanol–water partition coefficient (Wildman–Crippen LogP) is 2.10. The molecule has 110 valence electrons. The normalized spacial score (nSPS) is 20.0. The monoisotopic (exact) mass is 302 g/mol. The highest BCUT2D eigenvalue weighted by Crippen LogP contribution is 2.29. The number of hydrogen-bond acceptors (Lipinski definition) is 4. The molecule has 1 aromatic rings. The van der Waals surface area contributed by atoms with E-state index in [2.05, 4.69) is 15.2 Å². The van der Waals surface area contributed by atoms with Crippen LogP contribution in [0.4, 0.5) is 20.7 Å². The van der Waals surface area contributed by atoms with E-state index >= 15 is 0 Å². The van der Waals surface area contributed by atoms with E-state index in [4.69, 9.17) is 16.7 Å². The molecule has 1 amide bonds. The van der Waals surface area contributed by atoms with Crippen LogP contribution in [0.15, 0.2) is 6.07 Å². The van der Waals surface area contributed by atoms with Gasteiger partial charge < -0.3 is 14.9 Å². The number of pyridine rings is 1. The highest BCUT2D eigenvalue weighted by atomic mass is 35.5. The molecule has 2 N–H and O–H groups in total. The van der Waals surface area contributed by atoms with Crippen LogP contribution in [0, 0.1) is 5.95 Å². The Morgan fingerprint density at radius 1 is 1.60 bits per heavy atom. The first-order chi connectivity index (χ1) is 9.38. The van der Waals surface area contributed by atoms with Crippen LogP contribution in [0.3, 0.4) is 0 Å². The van der Waals surface area contributed by atoms with Gasteiger partial charge in [0.2, 0.25) is 5.95 Å². The summed E-state index contributed by atoms with van der Waals surface area (Å²) >= 11 is 5.72. The van der Waals surface area contributed by atoms with Crippen LogP contribution in [0.25, 0.3) is 0 Å². The van der Waals surface area contributed by atoms with E-state index in [1.807, 2.05) is 18.9 Å². The minimum atomic E-state index is -1.30. The van der Waals surface area contributed by atoms with Crippen molar-refractivity contribution in [2.75, 3.05) is 36.9 Å². The standard InChI is InChI=1S/C12H16ClFN4O2/c1-7-6-17(2)3-4-18(7)9-5-8(15-12(19)20)10(13)11(14)16-9/h5,7H,3-4,6H2,1-2H3,(H,15,16)(H,19,20). The maximum Gasteiger partial charge on any atom is 0.409 e. The van der Waals surface area contributed by atoms with Gasteiger partial charge in [0, 0.05) is 31.7 Å².